The molecule has 2 aromatic carbocycles. The number of rotatable bonds is 27. The number of ketones is 1. The van der Waals surface area contributed by atoms with Crippen molar-refractivity contribution in [3.63, 3.8) is 0 Å². The minimum absolute atomic E-state index is 0.00848. The highest BCUT2D eigenvalue weighted by atomic mass is 32.1. The van der Waals surface area contributed by atoms with Crippen molar-refractivity contribution in [3.8, 4) is 0 Å². The summed E-state index contributed by atoms with van der Waals surface area (Å²) >= 11 is 5.55. The second-order valence-electron chi connectivity index (χ2n) is 18.2. The van der Waals surface area contributed by atoms with E-state index in [1.54, 1.807) is 12.1 Å². The maximum atomic E-state index is 13.6. The monoisotopic (exact) mass is 1150 g/mol. The first-order valence-corrected chi connectivity index (χ1v) is 25.7. The number of likely N-dealkylation sites (N-methyl/N-ethyl adjacent to an activating group) is 3. The predicted molar refractivity (Wildman–Crippen MR) is 283 cm³/mol. The van der Waals surface area contributed by atoms with Crippen molar-refractivity contribution in [2.45, 2.75) is 89.1 Å². The fourth-order valence-electron chi connectivity index (χ4n) is 7.80. The van der Waals surface area contributed by atoms with Crippen LogP contribution in [0.3, 0.4) is 0 Å². The topological polar surface area (TPSA) is 373 Å². The molecule has 1 aliphatic rings. The summed E-state index contributed by atoms with van der Waals surface area (Å²) in [7, 11) is 6.31. The van der Waals surface area contributed by atoms with E-state index in [2.05, 4.69) is 67.3 Å². The number of nitrogens with one attached hydrogen (secondary N) is 5. The lowest BCUT2D eigenvalue weighted by Gasteiger charge is -2.36. The van der Waals surface area contributed by atoms with Gasteiger partial charge in [-0.2, -0.15) is 38.4 Å². The van der Waals surface area contributed by atoms with Gasteiger partial charge in [0.15, 0.2) is 5.11 Å². The molecule has 0 radical (unpaired) electrons. The minimum atomic E-state index is -1.22. The van der Waals surface area contributed by atoms with Gasteiger partial charge in [0.25, 0.3) is 0 Å². The molecule has 0 saturated carbocycles. The third-order valence-electron chi connectivity index (χ3n) is 11.9. The molecule has 1 aliphatic heterocycles. The van der Waals surface area contributed by atoms with Gasteiger partial charge in [0.05, 0.1) is 6.54 Å². The molecule has 0 aromatic heterocycles. The number of Topliss-reactive ketones (excluding diaryl/α,β-unsaturated/α-hetero) is 1. The highest BCUT2D eigenvalue weighted by Gasteiger charge is 2.26. The van der Waals surface area contributed by atoms with Gasteiger partial charge in [-0.1, -0.05) is 30.7 Å². The van der Waals surface area contributed by atoms with Crippen LogP contribution in [0.1, 0.15) is 75.3 Å². The largest absolute Gasteiger partial charge is 0.481 e. The number of amides is 3. The number of hydrogen-bond donors (Lipinski definition) is 8. The number of urea groups is 1. The number of nitrogens with zero attached hydrogens (tertiary/aromatic N) is 4. The Labute approximate surface area is 468 Å². The number of carboxylic acid groups (broad SMARTS) is 3. The first-order chi connectivity index (χ1) is 38.1. The third kappa shape index (κ3) is 40.5. The molecule has 26 nitrogen and oxygen atoms in total. The summed E-state index contributed by atoms with van der Waals surface area (Å²) in [5, 5.41) is 42.6. The Morgan fingerprint density at radius 3 is 1.69 bits per heavy atom. The number of thiocarbonyl (C=S) groups is 1. The lowest BCUT2D eigenvalue weighted by Crippen LogP contribution is -2.50. The molecule has 442 valence electrons. The van der Waals surface area contributed by atoms with E-state index in [9.17, 15) is 43.4 Å². The Morgan fingerprint density at radius 2 is 1.14 bits per heavy atom. The van der Waals surface area contributed by atoms with Crippen LogP contribution in [0.5, 0.6) is 0 Å². The average Bonchev–Trinajstić information content (AvgIpc) is 3.39. The van der Waals surface area contributed by atoms with Crippen molar-refractivity contribution in [2.75, 3.05) is 98.5 Å². The van der Waals surface area contributed by atoms with Gasteiger partial charge in [-0.25, -0.2) is 14.0 Å². The number of carboxylic acids is 3. The molecule has 3 amide bonds. The molecule has 2 aromatic rings. The lowest BCUT2D eigenvalue weighted by atomic mass is 9.91. The summed E-state index contributed by atoms with van der Waals surface area (Å²) in [4.78, 5) is 147. The fraction of sp³-hybridized carbons (Fsp3) is 0.558. The maximum absolute atomic E-state index is 13.6. The Balaban J connectivity index is 0. The lowest BCUT2D eigenvalue weighted by molar-refractivity contribution is -0.193. The van der Waals surface area contributed by atoms with Gasteiger partial charge in [0, 0.05) is 102 Å². The smallest absolute Gasteiger partial charge is 0.373 e. The molecule has 0 bridgehead atoms. The van der Waals surface area contributed by atoms with Crippen LogP contribution in [-0.2, 0) is 75.2 Å². The number of carbonyl (C=O) groups excluding carboxylic acids is 11. The van der Waals surface area contributed by atoms with E-state index in [-0.39, 0.29) is 94.1 Å². The summed E-state index contributed by atoms with van der Waals surface area (Å²) in [6.45, 7) is 6.79. The van der Waals surface area contributed by atoms with E-state index in [4.69, 9.17) is 55.7 Å². The SMILES string of the molecule is CN1CCN(C)CCN(CC(=O)O)C(Cc2ccc(NC(=S)NCCCCCC(=O)C[C@@H](Cc3ccc(F)cc3)C(=O)NCCCC[C@H](NC(=O)NCCCC(=O)O)C(=O)O)cc2)CN(C)CC1.O=C=O.O=C=O.O=C=O.O=C=O. The Morgan fingerprint density at radius 1 is 0.625 bits per heavy atom. The molecule has 1 fully saturated rings. The van der Waals surface area contributed by atoms with Gasteiger partial charge < -0.3 is 56.6 Å². The molecule has 3 rings (SSSR count). The zero-order chi connectivity index (χ0) is 60.7. The van der Waals surface area contributed by atoms with E-state index in [0.29, 0.717) is 55.9 Å². The molecule has 0 spiro atoms. The Kier molecular flexibility index (Phi) is 43.9. The first kappa shape index (κ1) is 74.3. The molecule has 0 aliphatic carbocycles. The van der Waals surface area contributed by atoms with Crippen LogP contribution in [0.15, 0.2) is 48.5 Å². The first-order valence-electron chi connectivity index (χ1n) is 25.3. The van der Waals surface area contributed by atoms with E-state index < -0.39 is 41.7 Å². The molecule has 1 heterocycles. The molecule has 28 heteroatoms. The molecular formula is C52H74FN9O17S. The number of unbranched alkanes of at least 4 members (excludes halogenated alkanes) is 3. The summed E-state index contributed by atoms with van der Waals surface area (Å²) < 4.78 is 13.6. The number of aliphatic carboxylic acids is 3. The number of halogens is 1. The third-order valence-corrected chi connectivity index (χ3v) is 12.1. The zero-order valence-electron chi connectivity index (χ0n) is 45.2. The number of hydrogen-bond acceptors (Lipinski definition) is 19. The number of benzene rings is 2. The molecule has 3 atom stereocenters. The molecule has 1 saturated heterocycles. The van der Waals surface area contributed by atoms with Crippen LogP contribution < -0.4 is 26.6 Å². The van der Waals surface area contributed by atoms with Gasteiger partial charge >= 0.3 is 48.5 Å². The van der Waals surface area contributed by atoms with Crippen LogP contribution in [-0.4, -0.2) is 205 Å². The highest BCUT2D eigenvalue weighted by molar-refractivity contribution is 7.80. The van der Waals surface area contributed by atoms with Crippen LogP contribution in [0, 0.1) is 11.7 Å². The normalized spacial score (nSPS) is 14.5. The Hall–Kier alpha value is -7.76. The second-order valence-corrected chi connectivity index (χ2v) is 18.6. The van der Waals surface area contributed by atoms with Gasteiger partial charge in [0.1, 0.15) is 17.6 Å². The summed E-state index contributed by atoms with van der Waals surface area (Å²) in [5.74, 6) is -4.55. The quantitative estimate of drug-likeness (QED) is 0.0460. The van der Waals surface area contributed by atoms with Crippen molar-refractivity contribution < 1.29 is 86.8 Å². The number of carbonyl (C=O) groups is 6. The van der Waals surface area contributed by atoms with Crippen molar-refractivity contribution in [3.05, 3.63) is 65.5 Å². The van der Waals surface area contributed by atoms with Gasteiger partial charge in [-0.3, -0.25) is 24.1 Å². The van der Waals surface area contributed by atoms with E-state index in [1.165, 1.54) is 12.1 Å². The maximum Gasteiger partial charge on any atom is 0.373 e. The van der Waals surface area contributed by atoms with Crippen molar-refractivity contribution in [1.29, 1.82) is 0 Å². The van der Waals surface area contributed by atoms with Crippen molar-refractivity contribution >= 4 is 83.3 Å². The van der Waals surface area contributed by atoms with Crippen LogP contribution in [0.2, 0.25) is 0 Å². The summed E-state index contributed by atoms with van der Waals surface area (Å²) in [6, 6.07) is 12.0. The van der Waals surface area contributed by atoms with Crippen LogP contribution >= 0.6 is 12.2 Å². The fourth-order valence-corrected chi connectivity index (χ4v) is 8.02. The summed E-state index contributed by atoms with van der Waals surface area (Å²) in [5.41, 5.74) is 2.64. The highest BCUT2D eigenvalue weighted by Crippen LogP contribution is 2.18. The summed E-state index contributed by atoms with van der Waals surface area (Å²) in [6.07, 6.45) is 5.35. The number of anilines is 1. The molecule has 8 N–H and O–H groups in total. The minimum Gasteiger partial charge on any atom is -0.481 e. The van der Waals surface area contributed by atoms with E-state index in [0.717, 1.165) is 63.4 Å². The average molecular weight is 1150 g/mol. The molecule has 1 unspecified atom stereocenters. The van der Waals surface area contributed by atoms with E-state index >= 15 is 0 Å². The van der Waals surface area contributed by atoms with Crippen LogP contribution in [0.25, 0.3) is 0 Å². The zero-order valence-corrected chi connectivity index (χ0v) is 46.1. The second kappa shape index (κ2) is 47.3. The molecule has 80 heavy (non-hydrogen) atoms. The van der Waals surface area contributed by atoms with Gasteiger partial charge in [-0.05, 0) is 120 Å². The van der Waals surface area contributed by atoms with E-state index in [1.807, 2.05) is 24.3 Å². The van der Waals surface area contributed by atoms with Crippen LogP contribution in [0.4, 0.5) is 14.9 Å². The molecular weight excluding hydrogens is 1070 g/mol. The van der Waals surface area contributed by atoms with Gasteiger partial charge in [-0.15, -0.1) is 0 Å². The van der Waals surface area contributed by atoms with Gasteiger partial charge in [0.2, 0.25) is 5.91 Å². The standard InChI is InChI=1S/C48H74FN9O9S.4CO2/c1-55-24-25-56(2)28-29-58(34-44(62)63)40(33-57(3)27-26-55)31-36-15-19-39(20-16-36)53-48(68)52-22-7-4-5-10-41(59)32-37(30-35-13-17-38(49)18-14-35)45(64)50-21-8-6-11-42(46(65)66)54-47(67)51-23-9-12-43(60)61;4*2-1-3/h13-20,37,40,42H,4-12,21-34H2,1-3H3,(H,50,64)(H,60,61)(H,62,63)(H,65,66)(H2,51,54,67)(H2,52,53,68);;;;/t37-,40?,42+;;;;/m1..../s1. The Bertz CT molecular complexity index is 2250. The van der Waals surface area contributed by atoms with Crippen molar-refractivity contribution in [2.24, 2.45) is 5.92 Å². The predicted octanol–water partition coefficient (Wildman–Crippen LogP) is 1.17. The van der Waals surface area contributed by atoms with Crippen molar-refractivity contribution in [1.82, 2.24) is 40.9 Å².